The normalized spacial score (nSPS) is 12.1. The fourth-order valence-corrected chi connectivity index (χ4v) is 8.33. The lowest BCUT2D eigenvalue weighted by atomic mass is 10.1. The van der Waals surface area contributed by atoms with Gasteiger partial charge in [-0.25, -0.2) is 0 Å². The number of benzene rings is 8. The van der Waals surface area contributed by atoms with Crippen LogP contribution in [0.2, 0.25) is 0 Å². The molecular formula is C46H29N3. The molecule has 0 unspecified atom stereocenters. The van der Waals surface area contributed by atoms with E-state index in [9.17, 15) is 0 Å². The van der Waals surface area contributed by atoms with Gasteiger partial charge in [-0.3, -0.25) is 0 Å². The van der Waals surface area contributed by atoms with E-state index < -0.39 is 0 Å². The molecule has 0 aliphatic heterocycles. The van der Waals surface area contributed by atoms with Gasteiger partial charge in [-0.05, 0) is 77.5 Å². The number of nitrogens with zero attached hydrogens (tertiary/aromatic N) is 3. The van der Waals surface area contributed by atoms with Gasteiger partial charge in [0.1, 0.15) is 0 Å². The van der Waals surface area contributed by atoms with Gasteiger partial charge in [0.05, 0.1) is 33.1 Å². The van der Waals surface area contributed by atoms with Crippen molar-refractivity contribution >= 4 is 76.2 Å². The smallest absolute Gasteiger partial charge is 0.0641 e. The molecule has 228 valence electrons. The third-order valence-corrected chi connectivity index (χ3v) is 10.4. The standard InChI is InChI=1S/C46H29N3/c1-2-14-32(15-3-1)47-42-21-11-8-18-38(42)45-44(47)27-25-37-35-16-6-10-20-41(35)49(46(37)45)34-24-26-43-39(29-34)36-17-7-9-19-40(36)48(43)33-23-22-30-12-4-5-13-31(30)28-33/h1-29H. The van der Waals surface area contributed by atoms with E-state index in [1.165, 1.54) is 87.6 Å². The Morgan fingerprint density at radius 2 is 0.796 bits per heavy atom. The Morgan fingerprint density at radius 1 is 0.265 bits per heavy atom. The molecule has 3 nitrogen and oxygen atoms in total. The van der Waals surface area contributed by atoms with Crippen molar-refractivity contribution in [1.82, 2.24) is 13.7 Å². The first-order valence-electron chi connectivity index (χ1n) is 16.9. The molecule has 0 fully saturated rings. The third-order valence-electron chi connectivity index (χ3n) is 10.4. The van der Waals surface area contributed by atoms with E-state index in [1.54, 1.807) is 0 Å². The summed E-state index contributed by atoms with van der Waals surface area (Å²) in [4.78, 5) is 0. The van der Waals surface area contributed by atoms with Crippen LogP contribution in [0.15, 0.2) is 176 Å². The van der Waals surface area contributed by atoms with Gasteiger partial charge in [-0.2, -0.15) is 0 Å². The average molecular weight is 624 g/mol. The van der Waals surface area contributed by atoms with Crippen molar-refractivity contribution in [1.29, 1.82) is 0 Å². The van der Waals surface area contributed by atoms with Gasteiger partial charge in [0.25, 0.3) is 0 Å². The first-order chi connectivity index (χ1) is 24.3. The molecule has 0 saturated heterocycles. The summed E-state index contributed by atoms with van der Waals surface area (Å²) >= 11 is 0. The highest BCUT2D eigenvalue weighted by Crippen LogP contribution is 2.43. The summed E-state index contributed by atoms with van der Waals surface area (Å²) in [6, 6.07) is 64.2. The Labute approximate surface area is 282 Å². The SMILES string of the molecule is c1ccc(-n2c3ccccc3c3c2ccc2c4ccccc4n(-c4ccc5c(c4)c4ccccc4n5-c4ccc5ccccc5c4)c23)cc1. The highest BCUT2D eigenvalue weighted by molar-refractivity contribution is 6.26. The second-order valence-electron chi connectivity index (χ2n) is 13.0. The Kier molecular flexibility index (Phi) is 5.38. The molecule has 0 bridgehead atoms. The van der Waals surface area contributed by atoms with Crippen LogP contribution in [0.3, 0.4) is 0 Å². The fraction of sp³-hybridized carbons (Fsp3) is 0. The van der Waals surface area contributed by atoms with Gasteiger partial charge in [-0.1, -0.05) is 109 Å². The van der Waals surface area contributed by atoms with Crippen molar-refractivity contribution in [2.45, 2.75) is 0 Å². The Morgan fingerprint density at radius 3 is 1.59 bits per heavy atom. The topological polar surface area (TPSA) is 14.8 Å². The lowest BCUT2D eigenvalue weighted by Gasteiger charge is -2.12. The van der Waals surface area contributed by atoms with Gasteiger partial charge in [0, 0.05) is 49.4 Å². The van der Waals surface area contributed by atoms with Crippen LogP contribution >= 0.6 is 0 Å². The highest BCUT2D eigenvalue weighted by atomic mass is 15.0. The molecule has 8 aromatic carbocycles. The number of fused-ring (bicyclic) bond motifs is 11. The average Bonchev–Trinajstić information content (AvgIpc) is 3.80. The van der Waals surface area contributed by atoms with Crippen molar-refractivity contribution in [2.75, 3.05) is 0 Å². The van der Waals surface area contributed by atoms with Crippen molar-refractivity contribution < 1.29 is 0 Å². The monoisotopic (exact) mass is 623 g/mol. The first kappa shape index (κ1) is 26.5. The zero-order chi connectivity index (χ0) is 32.1. The maximum absolute atomic E-state index is 2.50. The fourth-order valence-electron chi connectivity index (χ4n) is 8.33. The first-order valence-corrected chi connectivity index (χ1v) is 16.9. The maximum atomic E-state index is 2.50. The van der Waals surface area contributed by atoms with Gasteiger partial charge in [-0.15, -0.1) is 0 Å². The molecule has 0 aliphatic carbocycles. The molecule has 0 N–H and O–H groups in total. The molecule has 3 heteroatoms. The summed E-state index contributed by atoms with van der Waals surface area (Å²) in [6.07, 6.45) is 0. The van der Waals surface area contributed by atoms with Crippen LogP contribution in [0.5, 0.6) is 0 Å². The van der Waals surface area contributed by atoms with Crippen molar-refractivity contribution in [3.05, 3.63) is 176 Å². The van der Waals surface area contributed by atoms with Crippen LogP contribution < -0.4 is 0 Å². The van der Waals surface area contributed by atoms with Gasteiger partial charge >= 0.3 is 0 Å². The van der Waals surface area contributed by atoms with E-state index in [1.807, 2.05) is 0 Å². The molecule has 11 rings (SSSR count). The Bertz CT molecular complexity index is 3100. The van der Waals surface area contributed by atoms with Crippen LogP contribution in [0, 0.1) is 0 Å². The van der Waals surface area contributed by atoms with Crippen LogP contribution in [-0.2, 0) is 0 Å². The summed E-state index contributed by atoms with van der Waals surface area (Å²) in [5.41, 5.74) is 10.8. The van der Waals surface area contributed by atoms with E-state index in [2.05, 4.69) is 190 Å². The predicted octanol–water partition coefficient (Wildman–Crippen LogP) is 12.1. The minimum absolute atomic E-state index is 1.16. The van der Waals surface area contributed by atoms with E-state index in [0.717, 1.165) is 5.69 Å². The molecule has 0 radical (unpaired) electrons. The summed E-state index contributed by atoms with van der Waals surface area (Å²) < 4.78 is 7.32. The predicted molar refractivity (Wildman–Crippen MR) is 207 cm³/mol. The molecule has 0 amide bonds. The van der Waals surface area contributed by atoms with Crippen LogP contribution in [0.4, 0.5) is 0 Å². The number of hydrogen-bond donors (Lipinski definition) is 0. The van der Waals surface area contributed by atoms with Gasteiger partial charge in [0.2, 0.25) is 0 Å². The molecular weight excluding hydrogens is 595 g/mol. The van der Waals surface area contributed by atoms with Crippen molar-refractivity contribution in [3.63, 3.8) is 0 Å². The summed E-state index contributed by atoms with van der Waals surface area (Å²) in [5, 5.41) is 10.0. The Balaban J connectivity index is 1.25. The van der Waals surface area contributed by atoms with Crippen LogP contribution in [0.1, 0.15) is 0 Å². The minimum atomic E-state index is 1.16. The lowest BCUT2D eigenvalue weighted by molar-refractivity contribution is 1.17. The molecule has 0 aliphatic rings. The molecule has 0 atom stereocenters. The molecule has 49 heavy (non-hydrogen) atoms. The quantitative estimate of drug-likeness (QED) is 0.186. The summed E-state index contributed by atoms with van der Waals surface area (Å²) in [5.74, 6) is 0. The summed E-state index contributed by atoms with van der Waals surface area (Å²) in [7, 11) is 0. The Hall–Kier alpha value is -6.58. The van der Waals surface area contributed by atoms with Gasteiger partial charge in [0.15, 0.2) is 0 Å². The zero-order valence-electron chi connectivity index (χ0n) is 26.6. The van der Waals surface area contributed by atoms with Crippen molar-refractivity contribution in [2.24, 2.45) is 0 Å². The number of para-hydroxylation sites is 4. The van der Waals surface area contributed by atoms with E-state index >= 15 is 0 Å². The zero-order valence-corrected chi connectivity index (χ0v) is 26.6. The van der Waals surface area contributed by atoms with Crippen molar-refractivity contribution in [3.8, 4) is 17.1 Å². The molecule has 11 aromatic rings. The molecule has 0 saturated carbocycles. The van der Waals surface area contributed by atoms with E-state index in [4.69, 9.17) is 0 Å². The second-order valence-corrected chi connectivity index (χ2v) is 13.0. The van der Waals surface area contributed by atoms with Gasteiger partial charge < -0.3 is 13.7 Å². The van der Waals surface area contributed by atoms with E-state index in [-0.39, 0.29) is 0 Å². The maximum Gasteiger partial charge on any atom is 0.0641 e. The number of aromatic nitrogens is 3. The largest absolute Gasteiger partial charge is 0.309 e. The lowest BCUT2D eigenvalue weighted by Crippen LogP contribution is -1.96. The summed E-state index contributed by atoms with van der Waals surface area (Å²) in [6.45, 7) is 0. The molecule has 3 heterocycles. The van der Waals surface area contributed by atoms with Crippen LogP contribution in [0.25, 0.3) is 93.3 Å². The number of rotatable bonds is 3. The van der Waals surface area contributed by atoms with Crippen LogP contribution in [-0.4, -0.2) is 13.7 Å². The molecule has 0 spiro atoms. The minimum Gasteiger partial charge on any atom is -0.309 e. The third kappa shape index (κ3) is 3.67. The van der Waals surface area contributed by atoms with E-state index in [0.29, 0.717) is 0 Å². The number of hydrogen-bond acceptors (Lipinski definition) is 0. The molecule has 3 aromatic heterocycles. The second kappa shape index (κ2) is 9.96. The highest BCUT2D eigenvalue weighted by Gasteiger charge is 2.21.